The lowest BCUT2D eigenvalue weighted by atomic mass is 10.2. The Morgan fingerprint density at radius 2 is 1.89 bits per heavy atom. The van der Waals surface area contributed by atoms with Gasteiger partial charge in [0.15, 0.2) is 0 Å². The van der Waals surface area contributed by atoms with Gasteiger partial charge in [-0.05, 0) is 38.1 Å². The smallest absolute Gasteiger partial charge is 0.416 e. The number of esters is 1. The third-order valence-electron chi connectivity index (χ3n) is 2.24. The number of nitrogens with one attached hydrogen (secondary N) is 1. The van der Waals surface area contributed by atoms with Gasteiger partial charge in [-0.2, -0.15) is 13.2 Å². The molecule has 0 saturated carbocycles. The molecule has 0 saturated heterocycles. The molecule has 100 valence electrons. The van der Waals surface area contributed by atoms with Crippen LogP contribution in [0.2, 0.25) is 0 Å². The van der Waals surface area contributed by atoms with Crippen LogP contribution in [0.4, 0.5) is 18.9 Å². The van der Waals surface area contributed by atoms with Crippen molar-refractivity contribution in [1.29, 1.82) is 0 Å². The minimum Gasteiger partial charge on any atom is -0.464 e. The van der Waals surface area contributed by atoms with Crippen molar-refractivity contribution in [3.05, 3.63) is 29.8 Å². The Hall–Kier alpha value is -1.72. The van der Waals surface area contributed by atoms with E-state index in [9.17, 15) is 18.0 Å². The highest BCUT2D eigenvalue weighted by Crippen LogP contribution is 2.29. The average Bonchev–Trinajstić information content (AvgIpc) is 2.28. The number of halogens is 3. The molecule has 1 aromatic rings. The molecule has 0 bridgehead atoms. The molecule has 18 heavy (non-hydrogen) atoms. The summed E-state index contributed by atoms with van der Waals surface area (Å²) >= 11 is 0. The summed E-state index contributed by atoms with van der Waals surface area (Å²) in [5.74, 6) is -0.447. The number of benzene rings is 1. The zero-order valence-corrected chi connectivity index (χ0v) is 10.0. The fourth-order valence-electron chi connectivity index (χ4n) is 1.33. The van der Waals surface area contributed by atoms with Crippen molar-refractivity contribution in [3.63, 3.8) is 0 Å². The zero-order chi connectivity index (χ0) is 13.8. The number of hydrogen-bond donors (Lipinski definition) is 1. The normalized spacial score (nSPS) is 12.9. The van der Waals surface area contributed by atoms with E-state index in [1.54, 1.807) is 13.8 Å². The Kier molecular flexibility index (Phi) is 4.58. The highest BCUT2D eigenvalue weighted by atomic mass is 19.4. The number of hydrogen-bond acceptors (Lipinski definition) is 3. The molecule has 0 aliphatic rings. The monoisotopic (exact) mass is 261 g/mol. The van der Waals surface area contributed by atoms with Gasteiger partial charge in [-0.1, -0.05) is 0 Å². The van der Waals surface area contributed by atoms with Crippen molar-refractivity contribution in [2.24, 2.45) is 0 Å². The summed E-state index contributed by atoms with van der Waals surface area (Å²) in [6.07, 6.45) is -4.36. The predicted molar refractivity (Wildman–Crippen MR) is 61.2 cm³/mol. The van der Waals surface area contributed by atoms with Crippen molar-refractivity contribution in [2.75, 3.05) is 11.9 Å². The largest absolute Gasteiger partial charge is 0.464 e. The van der Waals surface area contributed by atoms with E-state index >= 15 is 0 Å². The molecule has 0 fully saturated rings. The molecule has 0 radical (unpaired) electrons. The molecular formula is C12H14F3NO2. The van der Waals surface area contributed by atoms with Gasteiger partial charge in [-0.3, -0.25) is 0 Å². The van der Waals surface area contributed by atoms with E-state index < -0.39 is 23.8 Å². The molecular weight excluding hydrogens is 247 g/mol. The predicted octanol–water partition coefficient (Wildman–Crippen LogP) is 3.07. The summed E-state index contributed by atoms with van der Waals surface area (Å²) in [7, 11) is 0. The van der Waals surface area contributed by atoms with Gasteiger partial charge in [-0.25, -0.2) is 4.79 Å². The van der Waals surface area contributed by atoms with Gasteiger partial charge in [0.25, 0.3) is 0 Å². The number of carbonyl (C=O) groups excluding carboxylic acids is 1. The molecule has 0 amide bonds. The Balaban J connectivity index is 2.67. The number of anilines is 1. The molecule has 0 aliphatic carbocycles. The first-order valence-corrected chi connectivity index (χ1v) is 5.45. The van der Waals surface area contributed by atoms with Gasteiger partial charge < -0.3 is 10.1 Å². The Morgan fingerprint density at radius 1 is 1.33 bits per heavy atom. The summed E-state index contributed by atoms with van der Waals surface area (Å²) in [6, 6.07) is 3.86. The summed E-state index contributed by atoms with van der Waals surface area (Å²) in [6.45, 7) is 3.52. The first kappa shape index (κ1) is 14.3. The van der Waals surface area contributed by atoms with Crippen LogP contribution in [0.15, 0.2) is 24.3 Å². The quantitative estimate of drug-likeness (QED) is 0.846. The molecule has 1 rings (SSSR count). The maximum absolute atomic E-state index is 12.3. The lowest BCUT2D eigenvalue weighted by Gasteiger charge is -2.14. The van der Waals surface area contributed by atoms with Crippen LogP contribution in [-0.2, 0) is 15.7 Å². The first-order valence-electron chi connectivity index (χ1n) is 5.45. The molecule has 0 spiro atoms. The highest BCUT2D eigenvalue weighted by molar-refractivity contribution is 5.78. The molecule has 0 aromatic heterocycles. The van der Waals surface area contributed by atoms with Crippen molar-refractivity contribution < 1.29 is 22.7 Å². The van der Waals surface area contributed by atoms with Crippen LogP contribution in [0, 0.1) is 0 Å². The lowest BCUT2D eigenvalue weighted by Crippen LogP contribution is -2.28. The third kappa shape index (κ3) is 3.94. The highest BCUT2D eigenvalue weighted by Gasteiger charge is 2.30. The van der Waals surface area contributed by atoms with Crippen molar-refractivity contribution >= 4 is 11.7 Å². The van der Waals surface area contributed by atoms with Gasteiger partial charge in [0.2, 0.25) is 0 Å². The van der Waals surface area contributed by atoms with Crippen LogP contribution >= 0.6 is 0 Å². The van der Waals surface area contributed by atoms with E-state index in [0.717, 1.165) is 12.1 Å². The Morgan fingerprint density at radius 3 is 2.33 bits per heavy atom. The molecule has 0 unspecified atom stereocenters. The third-order valence-corrected chi connectivity index (χ3v) is 2.24. The molecule has 6 heteroatoms. The second-order valence-corrected chi connectivity index (χ2v) is 3.69. The fraction of sp³-hybridized carbons (Fsp3) is 0.417. The number of alkyl halides is 3. The number of ether oxygens (including phenoxy) is 1. The Labute approximate surface area is 103 Å². The summed E-state index contributed by atoms with van der Waals surface area (Å²) in [5.41, 5.74) is -0.291. The minimum atomic E-state index is -4.36. The van der Waals surface area contributed by atoms with Gasteiger partial charge in [0.1, 0.15) is 6.04 Å². The van der Waals surface area contributed by atoms with Crippen LogP contribution in [-0.4, -0.2) is 18.6 Å². The minimum absolute atomic E-state index is 0.262. The van der Waals surface area contributed by atoms with E-state index in [2.05, 4.69) is 5.32 Å². The second-order valence-electron chi connectivity index (χ2n) is 3.69. The summed E-state index contributed by atoms with van der Waals surface area (Å²) in [5, 5.41) is 2.76. The van der Waals surface area contributed by atoms with Gasteiger partial charge in [0.05, 0.1) is 12.2 Å². The molecule has 1 aromatic carbocycles. The van der Waals surface area contributed by atoms with E-state index in [4.69, 9.17) is 4.74 Å². The molecule has 1 atom stereocenters. The van der Waals surface area contributed by atoms with Crippen LogP contribution in [0.5, 0.6) is 0 Å². The first-order chi connectivity index (χ1) is 8.34. The van der Waals surface area contributed by atoms with Gasteiger partial charge in [-0.15, -0.1) is 0 Å². The van der Waals surface area contributed by atoms with E-state index in [0.29, 0.717) is 5.69 Å². The average molecular weight is 261 g/mol. The second kappa shape index (κ2) is 5.75. The topological polar surface area (TPSA) is 38.3 Å². The number of rotatable bonds is 4. The maximum Gasteiger partial charge on any atom is 0.416 e. The van der Waals surface area contributed by atoms with E-state index in [1.165, 1.54) is 12.1 Å². The SMILES string of the molecule is CCOC(=O)[C@@H](C)Nc1ccc(C(F)(F)F)cc1. The molecule has 0 aliphatic heterocycles. The zero-order valence-electron chi connectivity index (χ0n) is 10.0. The van der Waals surface area contributed by atoms with E-state index in [1.807, 2.05) is 0 Å². The van der Waals surface area contributed by atoms with Crippen LogP contribution in [0.3, 0.4) is 0 Å². The lowest BCUT2D eigenvalue weighted by molar-refractivity contribution is -0.143. The van der Waals surface area contributed by atoms with Crippen molar-refractivity contribution in [1.82, 2.24) is 0 Å². The van der Waals surface area contributed by atoms with Crippen molar-refractivity contribution in [2.45, 2.75) is 26.1 Å². The van der Waals surface area contributed by atoms with Crippen molar-refractivity contribution in [3.8, 4) is 0 Å². The molecule has 1 N–H and O–H groups in total. The van der Waals surface area contributed by atoms with Crippen LogP contribution < -0.4 is 5.32 Å². The number of carbonyl (C=O) groups is 1. The van der Waals surface area contributed by atoms with Crippen LogP contribution in [0.25, 0.3) is 0 Å². The summed E-state index contributed by atoms with van der Waals surface area (Å²) in [4.78, 5) is 11.3. The molecule has 0 heterocycles. The molecule has 3 nitrogen and oxygen atoms in total. The van der Waals surface area contributed by atoms with Gasteiger partial charge >= 0.3 is 12.1 Å². The standard InChI is InChI=1S/C12H14F3NO2/c1-3-18-11(17)8(2)16-10-6-4-9(5-7-10)12(13,14)15/h4-8,16H,3H2,1-2H3/t8-/m1/s1. The Bertz CT molecular complexity index is 401. The summed E-state index contributed by atoms with van der Waals surface area (Å²) < 4.78 is 41.7. The van der Waals surface area contributed by atoms with Gasteiger partial charge in [0, 0.05) is 5.69 Å². The maximum atomic E-state index is 12.3. The fourth-order valence-corrected chi connectivity index (χ4v) is 1.33. The van der Waals surface area contributed by atoms with Crippen LogP contribution in [0.1, 0.15) is 19.4 Å². The van der Waals surface area contributed by atoms with E-state index in [-0.39, 0.29) is 6.61 Å².